The Morgan fingerprint density at radius 2 is 1.44 bits per heavy atom. The number of halogens is 2. The average molecular weight is 520 g/mol. The molecule has 2 N–H and O–H groups in total. The number of carbonyl (C=O) groups excluding carboxylic acids is 2. The average Bonchev–Trinajstić information content (AvgIpc) is 2.77. The van der Waals surface area contributed by atoms with Gasteiger partial charge < -0.3 is 10.6 Å². The van der Waals surface area contributed by atoms with Crippen LogP contribution in [0.1, 0.15) is 18.1 Å². The molecule has 0 heterocycles. The number of anilines is 2. The van der Waals surface area contributed by atoms with E-state index in [0.717, 1.165) is 9.87 Å². The standard InChI is InChI=1S/C24H23Cl2N3O4S/c1-16-3-10-21(11-4-16)34(32,33)29(14-18-5-12-22(25)23(26)13-18)15-24(31)28-20-8-6-19(7-9-20)27-17(2)30/h3-13H,14-15H2,1-2H3,(H,27,30)(H,28,31). The normalized spacial score (nSPS) is 11.3. The molecule has 0 aromatic heterocycles. The van der Waals surface area contributed by atoms with Crippen LogP contribution in [0.5, 0.6) is 0 Å². The molecule has 0 aliphatic carbocycles. The van der Waals surface area contributed by atoms with E-state index in [9.17, 15) is 18.0 Å². The maximum absolute atomic E-state index is 13.4. The summed E-state index contributed by atoms with van der Waals surface area (Å²) in [6.07, 6.45) is 0. The summed E-state index contributed by atoms with van der Waals surface area (Å²) in [6, 6.07) is 17.7. The van der Waals surface area contributed by atoms with Crippen molar-refractivity contribution in [2.45, 2.75) is 25.3 Å². The van der Waals surface area contributed by atoms with Crippen molar-refractivity contribution in [1.29, 1.82) is 0 Å². The Kier molecular flexibility index (Phi) is 8.33. The van der Waals surface area contributed by atoms with Gasteiger partial charge in [-0.05, 0) is 61.0 Å². The minimum Gasteiger partial charge on any atom is -0.326 e. The zero-order valence-corrected chi connectivity index (χ0v) is 20.8. The molecule has 34 heavy (non-hydrogen) atoms. The van der Waals surface area contributed by atoms with Gasteiger partial charge in [-0.2, -0.15) is 4.31 Å². The van der Waals surface area contributed by atoms with E-state index < -0.39 is 22.5 Å². The molecule has 0 spiro atoms. The predicted octanol–water partition coefficient (Wildman–Crippen LogP) is 5.09. The van der Waals surface area contributed by atoms with Crippen molar-refractivity contribution in [2.24, 2.45) is 0 Å². The van der Waals surface area contributed by atoms with E-state index in [1.54, 1.807) is 54.6 Å². The SMILES string of the molecule is CC(=O)Nc1ccc(NC(=O)CN(Cc2ccc(Cl)c(Cl)c2)S(=O)(=O)c2ccc(C)cc2)cc1. The first-order valence-corrected chi connectivity index (χ1v) is 12.4. The van der Waals surface area contributed by atoms with Crippen LogP contribution in [-0.2, 0) is 26.2 Å². The highest BCUT2D eigenvalue weighted by molar-refractivity contribution is 7.89. The fourth-order valence-electron chi connectivity index (χ4n) is 3.13. The van der Waals surface area contributed by atoms with Gasteiger partial charge in [0.2, 0.25) is 21.8 Å². The first kappa shape index (κ1) is 25.7. The van der Waals surface area contributed by atoms with Crippen molar-refractivity contribution >= 4 is 56.4 Å². The third kappa shape index (κ3) is 6.80. The highest BCUT2D eigenvalue weighted by atomic mass is 35.5. The number of nitrogens with one attached hydrogen (secondary N) is 2. The largest absolute Gasteiger partial charge is 0.326 e. The van der Waals surface area contributed by atoms with Crippen LogP contribution in [0.25, 0.3) is 0 Å². The van der Waals surface area contributed by atoms with E-state index in [0.29, 0.717) is 22.0 Å². The van der Waals surface area contributed by atoms with Crippen molar-refractivity contribution in [3.63, 3.8) is 0 Å². The summed E-state index contributed by atoms with van der Waals surface area (Å²) in [5, 5.41) is 5.96. The second-order valence-corrected chi connectivity index (χ2v) is 10.4. The molecule has 0 atom stereocenters. The molecule has 0 aliphatic rings. The number of carbonyl (C=O) groups is 2. The lowest BCUT2D eigenvalue weighted by Crippen LogP contribution is -2.37. The third-order valence-corrected chi connectivity index (χ3v) is 7.36. The van der Waals surface area contributed by atoms with E-state index >= 15 is 0 Å². The lowest BCUT2D eigenvalue weighted by atomic mass is 10.2. The predicted molar refractivity (Wildman–Crippen MR) is 135 cm³/mol. The Morgan fingerprint density at radius 3 is 2.00 bits per heavy atom. The van der Waals surface area contributed by atoms with Gasteiger partial charge in [0.05, 0.1) is 21.5 Å². The maximum atomic E-state index is 13.4. The van der Waals surface area contributed by atoms with Gasteiger partial charge in [-0.3, -0.25) is 9.59 Å². The summed E-state index contributed by atoms with van der Waals surface area (Å²) in [6.45, 7) is 2.74. The summed E-state index contributed by atoms with van der Waals surface area (Å²) in [5.41, 5.74) is 2.53. The van der Waals surface area contributed by atoms with Gasteiger partial charge in [0.1, 0.15) is 0 Å². The Morgan fingerprint density at radius 1 is 0.853 bits per heavy atom. The number of benzene rings is 3. The summed E-state index contributed by atoms with van der Waals surface area (Å²) < 4.78 is 27.8. The third-order valence-electron chi connectivity index (χ3n) is 4.81. The summed E-state index contributed by atoms with van der Waals surface area (Å²) in [7, 11) is -4.00. The first-order chi connectivity index (χ1) is 16.0. The highest BCUT2D eigenvalue weighted by Gasteiger charge is 2.27. The zero-order valence-electron chi connectivity index (χ0n) is 18.5. The molecule has 0 unspecified atom stereocenters. The van der Waals surface area contributed by atoms with Gasteiger partial charge in [0.25, 0.3) is 0 Å². The number of nitrogens with zero attached hydrogens (tertiary/aromatic N) is 1. The molecule has 178 valence electrons. The molecule has 0 aliphatic heterocycles. The monoisotopic (exact) mass is 519 g/mol. The van der Waals surface area contributed by atoms with Crippen molar-refractivity contribution in [2.75, 3.05) is 17.2 Å². The van der Waals surface area contributed by atoms with Crippen molar-refractivity contribution in [3.8, 4) is 0 Å². The molecular weight excluding hydrogens is 497 g/mol. The molecule has 3 rings (SSSR count). The van der Waals surface area contributed by atoms with Crippen LogP contribution in [0.4, 0.5) is 11.4 Å². The Balaban J connectivity index is 1.83. The smallest absolute Gasteiger partial charge is 0.243 e. The fourth-order valence-corrected chi connectivity index (χ4v) is 4.83. The number of rotatable bonds is 8. The van der Waals surface area contributed by atoms with E-state index in [-0.39, 0.29) is 22.4 Å². The summed E-state index contributed by atoms with van der Waals surface area (Å²) in [5.74, 6) is -0.737. The van der Waals surface area contributed by atoms with Crippen LogP contribution >= 0.6 is 23.2 Å². The minimum atomic E-state index is -4.00. The van der Waals surface area contributed by atoms with Gasteiger partial charge in [-0.15, -0.1) is 0 Å². The van der Waals surface area contributed by atoms with Crippen LogP contribution in [0.2, 0.25) is 10.0 Å². The van der Waals surface area contributed by atoms with Gasteiger partial charge in [-0.1, -0.05) is 47.0 Å². The van der Waals surface area contributed by atoms with Crippen LogP contribution in [0.15, 0.2) is 71.6 Å². The molecule has 0 radical (unpaired) electrons. The Hall–Kier alpha value is -2.91. The van der Waals surface area contributed by atoms with E-state index in [1.165, 1.54) is 19.1 Å². The van der Waals surface area contributed by atoms with E-state index in [1.807, 2.05) is 6.92 Å². The topological polar surface area (TPSA) is 95.6 Å². The molecule has 0 bridgehead atoms. The lowest BCUT2D eigenvalue weighted by Gasteiger charge is -2.22. The number of hydrogen-bond acceptors (Lipinski definition) is 4. The van der Waals surface area contributed by atoms with Gasteiger partial charge >= 0.3 is 0 Å². The number of aryl methyl sites for hydroxylation is 1. The van der Waals surface area contributed by atoms with Gasteiger partial charge in [-0.25, -0.2) is 8.42 Å². The van der Waals surface area contributed by atoms with Gasteiger partial charge in [0, 0.05) is 24.8 Å². The zero-order chi connectivity index (χ0) is 24.9. The van der Waals surface area contributed by atoms with Crippen LogP contribution in [0.3, 0.4) is 0 Å². The van der Waals surface area contributed by atoms with E-state index in [2.05, 4.69) is 10.6 Å². The Labute approximate surface area is 208 Å². The quantitative estimate of drug-likeness (QED) is 0.433. The lowest BCUT2D eigenvalue weighted by molar-refractivity contribution is -0.116. The van der Waals surface area contributed by atoms with Crippen molar-refractivity contribution in [1.82, 2.24) is 4.31 Å². The molecule has 7 nitrogen and oxygen atoms in total. The van der Waals surface area contributed by atoms with Crippen molar-refractivity contribution < 1.29 is 18.0 Å². The minimum absolute atomic E-state index is 0.0746. The number of hydrogen-bond donors (Lipinski definition) is 2. The summed E-state index contributed by atoms with van der Waals surface area (Å²) >= 11 is 12.1. The molecule has 2 amide bonds. The first-order valence-electron chi connectivity index (χ1n) is 10.2. The van der Waals surface area contributed by atoms with Crippen LogP contribution in [0, 0.1) is 6.92 Å². The Bertz CT molecular complexity index is 1290. The second-order valence-electron chi connectivity index (χ2n) is 7.64. The number of amides is 2. The molecule has 10 heteroatoms. The molecule has 3 aromatic carbocycles. The van der Waals surface area contributed by atoms with Crippen molar-refractivity contribution in [3.05, 3.63) is 87.9 Å². The number of sulfonamides is 1. The molecule has 0 fully saturated rings. The molecule has 0 saturated carbocycles. The molecular formula is C24H23Cl2N3O4S. The maximum Gasteiger partial charge on any atom is 0.243 e. The molecule has 3 aromatic rings. The van der Waals surface area contributed by atoms with E-state index in [4.69, 9.17) is 23.2 Å². The molecule has 0 saturated heterocycles. The second kappa shape index (κ2) is 11.0. The summed E-state index contributed by atoms with van der Waals surface area (Å²) in [4.78, 5) is 24.0. The highest BCUT2D eigenvalue weighted by Crippen LogP contribution is 2.25. The fraction of sp³-hybridized carbons (Fsp3) is 0.167. The van der Waals surface area contributed by atoms with Crippen LogP contribution < -0.4 is 10.6 Å². The van der Waals surface area contributed by atoms with Gasteiger partial charge in [0.15, 0.2) is 0 Å². The van der Waals surface area contributed by atoms with Crippen LogP contribution in [-0.4, -0.2) is 31.1 Å².